The largest absolute Gasteiger partial charge is 0.218 e. The Bertz CT molecular complexity index is 367. The van der Waals surface area contributed by atoms with E-state index in [4.69, 9.17) is 23.2 Å². The molecule has 2 rings (SSSR count). The van der Waals surface area contributed by atoms with Crippen LogP contribution in [-0.2, 0) is 0 Å². The maximum atomic E-state index is 13.2. The van der Waals surface area contributed by atoms with Crippen LogP contribution in [0.2, 0.25) is 10.3 Å². The van der Waals surface area contributed by atoms with Gasteiger partial charge in [0.25, 0.3) is 0 Å². The van der Waals surface area contributed by atoms with Gasteiger partial charge in [-0.15, -0.1) is 0 Å². The average Bonchev–Trinajstić information content (AvgIpc) is 2.25. The second kappa shape index (κ2) is 5.96. The molecule has 0 saturated heterocycles. The minimum atomic E-state index is -0.720. The van der Waals surface area contributed by atoms with Crippen LogP contribution in [0.25, 0.3) is 0 Å². The number of halogens is 3. The zero-order valence-corrected chi connectivity index (χ0v) is 11.1. The summed E-state index contributed by atoms with van der Waals surface area (Å²) < 4.78 is 13.2. The molecular weight excluding hydrogens is 262 g/mol. The first-order chi connectivity index (χ1) is 8.18. The Morgan fingerprint density at radius 3 is 1.88 bits per heavy atom. The van der Waals surface area contributed by atoms with Gasteiger partial charge in [0.1, 0.15) is 5.82 Å². The molecule has 1 heterocycles. The van der Waals surface area contributed by atoms with Gasteiger partial charge in [0, 0.05) is 5.92 Å². The zero-order valence-electron chi connectivity index (χ0n) is 9.56. The third kappa shape index (κ3) is 3.29. The third-order valence-corrected chi connectivity index (χ3v) is 3.76. The maximum absolute atomic E-state index is 13.2. The van der Waals surface area contributed by atoms with Crippen LogP contribution in [0.4, 0.5) is 4.39 Å². The van der Waals surface area contributed by atoms with Crippen molar-refractivity contribution in [2.24, 2.45) is 0 Å². The predicted octanol–water partition coefficient (Wildman–Crippen LogP) is 4.75. The first kappa shape index (κ1) is 13.0. The second-order valence-electron chi connectivity index (χ2n) is 4.52. The fraction of sp³-hybridized carbons (Fsp3) is 0.667. The molecule has 0 amide bonds. The third-order valence-electron chi connectivity index (χ3n) is 3.26. The molecule has 0 spiro atoms. The highest BCUT2D eigenvalue weighted by Gasteiger charge is 2.19. The lowest BCUT2D eigenvalue weighted by atomic mass is 9.90. The van der Waals surface area contributed by atoms with Crippen molar-refractivity contribution in [2.75, 3.05) is 0 Å². The van der Waals surface area contributed by atoms with Crippen molar-refractivity contribution in [1.29, 1.82) is 0 Å². The minimum Gasteiger partial charge on any atom is -0.218 e. The molecule has 0 aromatic carbocycles. The predicted molar refractivity (Wildman–Crippen MR) is 67.1 cm³/mol. The molecule has 0 bridgehead atoms. The fourth-order valence-electron chi connectivity index (χ4n) is 2.31. The van der Waals surface area contributed by atoms with E-state index in [1.807, 2.05) is 0 Å². The quantitative estimate of drug-likeness (QED) is 0.692. The molecule has 1 aromatic heterocycles. The average molecular weight is 277 g/mol. The summed E-state index contributed by atoms with van der Waals surface area (Å²) >= 11 is 11.4. The Morgan fingerprint density at radius 1 is 0.882 bits per heavy atom. The highest BCUT2D eigenvalue weighted by atomic mass is 35.5. The summed E-state index contributed by atoms with van der Waals surface area (Å²) in [6.07, 6.45) is 8.22. The summed E-state index contributed by atoms with van der Waals surface area (Å²) in [6, 6.07) is 0. The van der Waals surface area contributed by atoms with Crippen molar-refractivity contribution in [3.8, 4) is 0 Å². The lowest BCUT2D eigenvalue weighted by Crippen LogP contribution is -2.08. The molecular formula is C12H15Cl2FN2. The van der Waals surface area contributed by atoms with Gasteiger partial charge >= 0.3 is 0 Å². The van der Waals surface area contributed by atoms with Crippen molar-refractivity contribution in [3.05, 3.63) is 21.9 Å². The van der Waals surface area contributed by atoms with Gasteiger partial charge in [0.2, 0.25) is 0 Å². The van der Waals surface area contributed by atoms with Gasteiger partial charge in [-0.05, 0) is 12.8 Å². The molecule has 1 aliphatic carbocycles. The molecule has 5 heteroatoms. The van der Waals surface area contributed by atoms with Crippen LogP contribution in [0.1, 0.15) is 56.7 Å². The fourth-order valence-corrected chi connectivity index (χ4v) is 2.71. The Labute approximate surface area is 111 Å². The maximum Gasteiger partial charge on any atom is 0.197 e. The highest BCUT2D eigenvalue weighted by Crippen LogP contribution is 2.31. The number of aromatic nitrogens is 2. The molecule has 1 saturated carbocycles. The van der Waals surface area contributed by atoms with Gasteiger partial charge < -0.3 is 0 Å². The van der Waals surface area contributed by atoms with Crippen molar-refractivity contribution in [3.63, 3.8) is 0 Å². The Kier molecular flexibility index (Phi) is 4.57. The van der Waals surface area contributed by atoms with Gasteiger partial charge in [-0.2, -0.15) is 0 Å². The van der Waals surface area contributed by atoms with Crippen LogP contribution in [0, 0.1) is 5.82 Å². The molecule has 1 aliphatic rings. The van der Waals surface area contributed by atoms with E-state index in [2.05, 4.69) is 9.97 Å². The van der Waals surface area contributed by atoms with Gasteiger partial charge in [0.05, 0.1) is 0 Å². The van der Waals surface area contributed by atoms with Crippen LogP contribution in [0.15, 0.2) is 0 Å². The van der Waals surface area contributed by atoms with E-state index < -0.39 is 5.82 Å². The second-order valence-corrected chi connectivity index (χ2v) is 5.24. The van der Waals surface area contributed by atoms with E-state index >= 15 is 0 Å². The lowest BCUT2D eigenvalue weighted by molar-refractivity contribution is 0.440. The van der Waals surface area contributed by atoms with Gasteiger partial charge in [-0.1, -0.05) is 55.3 Å². The van der Waals surface area contributed by atoms with Gasteiger partial charge in [0.15, 0.2) is 16.1 Å². The van der Waals surface area contributed by atoms with Crippen LogP contribution in [0.3, 0.4) is 0 Å². The number of hydrogen-bond donors (Lipinski definition) is 0. The van der Waals surface area contributed by atoms with Crippen LogP contribution in [0.5, 0.6) is 0 Å². The van der Waals surface area contributed by atoms with Gasteiger partial charge in [-0.25, -0.2) is 14.4 Å². The molecule has 2 nitrogen and oxygen atoms in total. The number of hydrogen-bond acceptors (Lipinski definition) is 2. The molecule has 17 heavy (non-hydrogen) atoms. The first-order valence-corrected chi connectivity index (χ1v) is 6.82. The van der Waals surface area contributed by atoms with E-state index in [1.54, 1.807) is 0 Å². The number of rotatable bonds is 1. The molecule has 0 radical (unpaired) electrons. The summed E-state index contributed by atoms with van der Waals surface area (Å²) in [5.41, 5.74) is 0. The molecule has 0 aliphatic heterocycles. The van der Waals surface area contributed by atoms with Crippen LogP contribution in [-0.4, -0.2) is 9.97 Å². The molecule has 0 unspecified atom stereocenters. The summed E-state index contributed by atoms with van der Waals surface area (Å²) in [7, 11) is 0. The van der Waals surface area contributed by atoms with Gasteiger partial charge in [-0.3, -0.25) is 0 Å². The SMILES string of the molecule is Fc1c(Cl)nc(C2CCCCCCC2)nc1Cl. The van der Waals surface area contributed by atoms with Crippen molar-refractivity contribution < 1.29 is 4.39 Å². The summed E-state index contributed by atoms with van der Waals surface area (Å²) in [5, 5.41) is -0.330. The zero-order chi connectivity index (χ0) is 12.3. The summed E-state index contributed by atoms with van der Waals surface area (Å²) in [4.78, 5) is 8.05. The van der Waals surface area contributed by atoms with E-state index in [1.165, 1.54) is 32.1 Å². The molecule has 1 fully saturated rings. The van der Waals surface area contributed by atoms with E-state index in [0.717, 1.165) is 12.8 Å². The Morgan fingerprint density at radius 2 is 1.35 bits per heavy atom. The van der Waals surface area contributed by atoms with Crippen LogP contribution < -0.4 is 0 Å². The lowest BCUT2D eigenvalue weighted by Gasteiger charge is -2.18. The van der Waals surface area contributed by atoms with Crippen molar-refractivity contribution >= 4 is 23.2 Å². The van der Waals surface area contributed by atoms with E-state index in [0.29, 0.717) is 5.82 Å². The Hall–Kier alpha value is -0.410. The molecule has 1 aromatic rings. The molecule has 0 N–H and O–H groups in total. The van der Waals surface area contributed by atoms with Crippen molar-refractivity contribution in [1.82, 2.24) is 9.97 Å². The number of nitrogens with zero attached hydrogens (tertiary/aromatic N) is 2. The molecule has 0 atom stereocenters. The highest BCUT2D eigenvalue weighted by molar-refractivity contribution is 6.33. The standard InChI is InChI=1S/C12H15Cl2FN2/c13-10-9(15)11(14)17-12(16-10)8-6-4-2-1-3-5-7-8/h8H,1-7H2. The molecule has 94 valence electrons. The first-order valence-electron chi connectivity index (χ1n) is 6.07. The van der Waals surface area contributed by atoms with E-state index in [9.17, 15) is 4.39 Å². The van der Waals surface area contributed by atoms with Crippen molar-refractivity contribution in [2.45, 2.75) is 50.9 Å². The summed E-state index contributed by atoms with van der Waals surface area (Å²) in [5.74, 6) is 0.150. The topological polar surface area (TPSA) is 25.8 Å². The summed E-state index contributed by atoms with van der Waals surface area (Å²) in [6.45, 7) is 0. The minimum absolute atomic E-state index is 0.165. The monoisotopic (exact) mass is 276 g/mol. The normalized spacial score (nSPS) is 18.8. The van der Waals surface area contributed by atoms with Crippen LogP contribution >= 0.6 is 23.2 Å². The smallest absolute Gasteiger partial charge is 0.197 e. The Balaban J connectivity index is 2.19. The van der Waals surface area contributed by atoms with E-state index in [-0.39, 0.29) is 16.2 Å².